The molecule has 0 rings (SSSR count). The minimum Gasteiger partial charge on any atom is -0.429 e. The molecule has 6 nitrogen and oxygen atoms in total. The predicted molar refractivity (Wildman–Crippen MR) is 39.0 cm³/mol. The Kier molecular flexibility index (Phi) is 6.26. The summed E-state index contributed by atoms with van der Waals surface area (Å²) in [6, 6.07) is 0. The fraction of sp³-hybridized carbons (Fsp3) is 1.00. The van der Waals surface area contributed by atoms with E-state index < -0.39 is 24.9 Å². The van der Waals surface area contributed by atoms with Crippen molar-refractivity contribution in [3.63, 3.8) is 0 Å². The molecule has 0 aromatic carbocycles. The van der Waals surface area contributed by atoms with Crippen LogP contribution in [0.25, 0.3) is 0 Å². The molecule has 5 N–H and O–H groups in total. The minimum absolute atomic E-state index is 0.352. The highest BCUT2D eigenvalue weighted by Gasteiger charge is 2.23. The highest BCUT2D eigenvalue weighted by molar-refractivity contribution is 6.15. The summed E-state index contributed by atoms with van der Waals surface area (Å²) in [6.07, 6.45) is -4.26. The Hall–Kier alpha value is -0.175. The van der Waals surface area contributed by atoms with Crippen molar-refractivity contribution in [1.82, 2.24) is 0 Å². The number of rotatable bonds is 6. The summed E-state index contributed by atoms with van der Waals surface area (Å²) in [5, 5.41) is 43.2. The van der Waals surface area contributed by atoms with Crippen LogP contribution in [0, 0.1) is 0 Å². The van der Waals surface area contributed by atoms with E-state index in [1.54, 1.807) is 0 Å². The topological polar surface area (TPSA) is 110 Å². The van der Waals surface area contributed by atoms with Crippen LogP contribution in [0.2, 0.25) is 0 Å². The lowest BCUT2D eigenvalue weighted by Crippen LogP contribution is -2.42. The van der Waals surface area contributed by atoms with Crippen LogP contribution in [0.1, 0.15) is 0 Å². The number of hydrogen-bond donors (Lipinski definition) is 5. The third-order valence-corrected chi connectivity index (χ3v) is 1.32. The summed E-state index contributed by atoms with van der Waals surface area (Å²) < 4.78 is 4.24. The zero-order chi connectivity index (χ0) is 9.56. The fourth-order valence-corrected chi connectivity index (χ4v) is 0.605. The normalized spacial score (nSPS) is 18.4. The molecule has 0 spiro atoms. The van der Waals surface area contributed by atoms with Crippen LogP contribution in [-0.2, 0) is 4.65 Å². The lowest BCUT2D eigenvalue weighted by atomic mass is 10.1. The predicted octanol–water partition coefficient (Wildman–Crippen LogP) is -3.40. The molecule has 0 unspecified atom stereocenters. The van der Waals surface area contributed by atoms with Gasteiger partial charge in [0.05, 0.1) is 13.2 Å². The van der Waals surface area contributed by atoms with Gasteiger partial charge in [-0.15, -0.1) is 0 Å². The van der Waals surface area contributed by atoms with Crippen molar-refractivity contribution in [2.24, 2.45) is 0 Å². The fourth-order valence-electron chi connectivity index (χ4n) is 0.605. The van der Waals surface area contributed by atoms with Gasteiger partial charge in [-0.1, -0.05) is 0 Å². The van der Waals surface area contributed by atoms with Gasteiger partial charge in [-0.25, -0.2) is 0 Å². The van der Waals surface area contributed by atoms with E-state index in [9.17, 15) is 0 Å². The first kappa shape index (κ1) is 11.8. The molecule has 71 valence electrons. The average molecular weight is 179 g/mol. The van der Waals surface area contributed by atoms with Crippen LogP contribution in [0.15, 0.2) is 0 Å². The van der Waals surface area contributed by atoms with Crippen LogP contribution in [-0.4, -0.2) is 64.7 Å². The van der Waals surface area contributed by atoms with Gasteiger partial charge in [0.1, 0.15) is 18.3 Å². The molecular weight excluding hydrogens is 167 g/mol. The summed E-state index contributed by atoms with van der Waals surface area (Å²) in [5.74, 6) is 0. The van der Waals surface area contributed by atoms with Crippen LogP contribution < -0.4 is 0 Å². The molecule has 3 atom stereocenters. The van der Waals surface area contributed by atoms with Crippen LogP contribution in [0.4, 0.5) is 0 Å². The molecule has 0 aromatic heterocycles. The Morgan fingerprint density at radius 2 is 1.75 bits per heavy atom. The van der Waals surface area contributed by atoms with Gasteiger partial charge in [-0.05, 0) is 0 Å². The minimum atomic E-state index is -1.49. The second-order valence-corrected chi connectivity index (χ2v) is 2.25. The van der Waals surface area contributed by atoms with Crippen LogP contribution >= 0.6 is 0 Å². The monoisotopic (exact) mass is 179 g/mol. The van der Waals surface area contributed by atoms with E-state index >= 15 is 0 Å². The third kappa shape index (κ3) is 4.00. The first-order valence-electron chi connectivity index (χ1n) is 3.36. The molecular formula is C5H12BO6. The molecule has 0 aromatic rings. The van der Waals surface area contributed by atoms with E-state index in [2.05, 4.69) is 4.65 Å². The van der Waals surface area contributed by atoms with E-state index in [0.717, 1.165) is 0 Å². The molecule has 0 aliphatic rings. The quantitative estimate of drug-likeness (QED) is 0.272. The van der Waals surface area contributed by atoms with Crippen molar-refractivity contribution in [1.29, 1.82) is 0 Å². The number of hydrogen-bond acceptors (Lipinski definition) is 6. The first-order valence-corrected chi connectivity index (χ1v) is 3.36. The van der Waals surface area contributed by atoms with Gasteiger partial charge in [0, 0.05) is 0 Å². The SMILES string of the molecule is O[B]OC[C@H](O)[C@@H](O)[C@H](O)CO. The highest BCUT2D eigenvalue weighted by atomic mass is 16.5. The van der Waals surface area contributed by atoms with Gasteiger partial charge in [-0.2, -0.15) is 0 Å². The van der Waals surface area contributed by atoms with Gasteiger partial charge in [0.2, 0.25) is 0 Å². The van der Waals surface area contributed by atoms with E-state index in [-0.39, 0.29) is 6.61 Å². The van der Waals surface area contributed by atoms with Crippen molar-refractivity contribution in [3.8, 4) is 0 Å². The molecule has 0 saturated heterocycles. The van der Waals surface area contributed by atoms with Gasteiger partial charge < -0.3 is 30.1 Å². The number of aliphatic hydroxyl groups excluding tert-OH is 4. The molecule has 0 bridgehead atoms. The maximum absolute atomic E-state index is 8.98. The Morgan fingerprint density at radius 3 is 2.17 bits per heavy atom. The summed E-state index contributed by atoms with van der Waals surface area (Å²) in [6.45, 7) is -1.00. The lowest BCUT2D eigenvalue weighted by molar-refractivity contribution is -0.0879. The molecule has 0 saturated carbocycles. The van der Waals surface area contributed by atoms with Crippen molar-refractivity contribution in [2.45, 2.75) is 18.3 Å². The van der Waals surface area contributed by atoms with Crippen molar-refractivity contribution in [2.75, 3.05) is 13.2 Å². The third-order valence-electron chi connectivity index (χ3n) is 1.32. The van der Waals surface area contributed by atoms with Crippen molar-refractivity contribution in [3.05, 3.63) is 0 Å². The largest absolute Gasteiger partial charge is 0.485 e. The summed E-state index contributed by atoms with van der Waals surface area (Å²) in [7, 11) is 0.362. The summed E-state index contributed by atoms with van der Waals surface area (Å²) >= 11 is 0. The smallest absolute Gasteiger partial charge is 0.429 e. The standard InChI is InChI=1S/C5H12BO6/c7-1-3(8)5(10)4(9)2-12-6-11/h3-5,7-11H,1-2H2/t3-,4+,5+/m1/s1. The van der Waals surface area contributed by atoms with Gasteiger partial charge in [0.15, 0.2) is 0 Å². The Balaban J connectivity index is 3.67. The maximum Gasteiger partial charge on any atom is 0.485 e. The zero-order valence-corrected chi connectivity index (χ0v) is 6.37. The molecule has 7 heteroatoms. The molecule has 0 aliphatic carbocycles. The Bertz CT molecular complexity index is 112. The molecule has 0 aliphatic heterocycles. The molecule has 1 radical (unpaired) electrons. The summed E-state index contributed by atoms with van der Waals surface area (Å²) in [4.78, 5) is 0. The van der Waals surface area contributed by atoms with Crippen LogP contribution in [0.5, 0.6) is 0 Å². The second-order valence-electron chi connectivity index (χ2n) is 2.25. The van der Waals surface area contributed by atoms with E-state index in [1.807, 2.05) is 0 Å². The van der Waals surface area contributed by atoms with E-state index in [0.29, 0.717) is 7.69 Å². The van der Waals surface area contributed by atoms with Crippen molar-refractivity contribution >= 4 is 7.69 Å². The maximum atomic E-state index is 8.98. The van der Waals surface area contributed by atoms with Gasteiger partial charge in [0.25, 0.3) is 0 Å². The Labute approximate surface area is 70.3 Å². The van der Waals surface area contributed by atoms with Gasteiger partial charge >= 0.3 is 7.69 Å². The van der Waals surface area contributed by atoms with Crippen LogP contribution in [0.3, 0.4) is 0 Å². The molecule has 0 fully saturated rings. The van der Waals surface area contributed by atoms with E-state index in [1.165, 1.54) is 0 Å². The zero-order valence-electron chi connectivity index (χ0n) is 6.37. The van der Waals surface area contributed by atoms with E-state index in [4.69, 9.17) is 25.5 Å². The first-order chi connectivity index (χ1) is 5.63. The molecule has 0 heterocycles. The average Bonchev–Trinajstić information content (AvgIpc) is 2.11. The Morgan fingerprint density at radius 1 is 1.17 bits per heavy atom. The lowest BCUT2D eigenvalue weighted by Gasteiger charge is -2.20. The highest BCUT2D eigenvalue weighted by Crippen LogP contribution is 1.99. The van der Waals surface area contributed by atoms with Crippen molar-refractivity contribution < 1.29 is 30.1 Å². The van der Waals surface area contributed by atoms with Gasteiger partial charge in [-0.3, -0.25) is 0 Å². The second kappa shape index (κ2) is 6.35. The number of aliphatic hydroxyl groups is 4. The molecule has 0 amide bonds. The summed E-state index contributed by atoms with van der Waals surface area (Å²) in [5.41, 5.74) is 0. The molecule has 12 heavy (non-hydrogen) atoms.